The van der Waals surface area contributed by atoms with Gasteiger partial charge in [0, 0.05) is 22.9 Å². The molecule has 0 saturated heterocycles. The molecule has 2 aromatic carbocycles. The maximum Gasteiger partial charge on any atom is 0.132 e. The van der Waals surface area contributed by atoms with Crippen LogP contribution in [0.2, 0.25) is 0 Å². The van der Waals surface area contributed by atoms with Crippen molar-refractivity contribution in [1.29, 1.82) is 0 Å². The Morgan fingerprint density at radius 2 is 1.64 bits per heavy atom. The summed E-state index contributed by atoms with van der Waals surface area (Å²) in [6.07, 6.45) is 5.62. The third-order valence-corrected chi connectivity index (χ3v) is 5.30. The third kappa shape index (κ3) is 3.36. The van der Waals surface area contributed by atoms with Crippen LogP contribution >= 0.6 is 0 Å². The van der Waals surface area contributed by atoms with Crippen LogP contribution < -0.4 is 0 Å². The Morgan fingerprint density at radius 3 is 2.32 bits per heavy atom. The summed E-state index contributed by atoms with van der Waals surface area (Å²) in [6.45, 7) is 6.60. The summed E-state index contributed by atoms with van der Waals surface area (Å²) >= 11 is 0. The minimum atomic E-state index is 0.894. The molecule has 0 aliphatic rings. The molecule has 0 saturated carbocycles. The molecule has 0 N–H and O–H groups in total. The normalized spacial score (nSPS) is 11.0. The van der Waals surface area contributed by atoms with E-state index in [2.05, 4.69) is 67.3 Å². The second-order valence-electron chi connectivity index (χ2n) is 7.01. The highest BCUT2D eigenvalue weighted by Gasteiger charge is 2.15. The minimum absolute atomic E-state index is 0.894. The first kappa shape index (κ1) is 18.2. The number of rotatable bonds is 5. The fourth-order valence-electron chi connectivity index (χ4n) is 3.85. The lowest BCUT2D eigenvalue weighted by atomic mass is 9.92. The average molecular weight is 368 g/mol. The van der Waals surface area contributed by atoms with Gasteiger partial charge in [-0.3, -0.25) is 4.98 Å². The molecule has 0 unspecified atom stereocenters. The van der Waals surface area contributed by atoms with E-state index in [4.69, 9.17) is 4.52 Å². The number of benzene rings is 2. The summed E-state index contributed by atoms with van der Waals surface area (Å²) in [7, 11) is 0. The summed E-state index contributed by atoms with van der Waals surface area (Å²) in [5.41, 5.74) is 10.3. The van der Waals surface area contributed by atoms with E-state index in [9.17, 15) is 0 Å². The van der Waals surface area contributed by atoms with Crippen molar-refractivity contribution < 1.29 is 4.52 Å². The van der Waals surface area contributed by atoms with Gasteiger partial charge in [0.15, 0.2) is 0 Å². The summed E-state index contributed by atoms with van der Waals surface area (Å²) in [4.78, 5) is 4.42. The molecular weight excluding hydrogens is 344 g/mol. The minimum Gasteiger partial charge on any atom is -0.363 e. The lowest BCUT2D eigenvalue weighted by molar-refractivity contribution is 0.422. The standard InChI is InChI=1S/C25H24N2O/c1-4-18-15-21(14-17(3)22(18)5-2)25-23(16-28-27-25)19-9-11-20(12-10-19)24-8-6-7-13-26-24/h6-16H,4-5H2,1-3H3. The molecule has 140 valence electrons. The van der Waals surface area contributed by atoms with Gasteiger partial charge < -0.3 is 4.52 Å². The number of aromatic nitrogens is 2. The first-order valence-corrected chi connectivity index (χ1v) is 9.80. The van der Waals surface area contributed by atoms with Crippen LogP contribution in [0.1, 0.15) is 30.5 Å². The van der Waals surface area contributed by atoms with Gasteiger partial charge in [-0.05, 0) is 66.3 Å². The molecule has 0 bridgehead atoms. The van der Waals surface area contributed by atoms with E-state index >= 15 is 0 Å². The van der Waals surface area contributed by atoms with Gasteiger partial charge in [-0.25, -0.2) is 0 Å². The van der Waals surface area contributed by atoms with Gasteiger partial charge in [-0.2, -0.15) is 0 Å². The molecule has 2 heterocycles. The van der Waals surface area contributed by atoms with Crippen molar-refractivity contribution in [3.8, 4) is 33.6 Å². The van der Waals surface area contributed by atoms with Gasteiger partial charge in [0.1, 0.15) is 12.0 Å². The zero-order valence-corrected chi connectivity index (χ0v) is 16.6. The first-order chi connectivity index (χ1) is 13.7. The zero-order chi connectivity index (χ0) is 19.5. The zero-order valence-electron chi connectivity index (χ0n) is 16.6. The number of hydrogen-bond acceptors (Lipinski definition) is 3. The molecule has 0 radical (unpaired) electrons. The van der Waals surface area contributed by atoms with Crippen LogP contribution in [0.3, 0.4) is 0 Å². The van der Waals surface area contributed by atoms with Crippen molar-refractivity contribution >= 4 is 0 Å². The fourth-order valence-corrected chi connectivity index (χ4v) is 3.85. The average Bonchev–Trinajstić information content (AvgIpc) is 3.24. The van der Waals surface area contributed by atoms with Gasteiger partial charge >= 0.3 is 0 Å². The van der Waals surface area contributed by atoms with Crippen molar-refractivity contribution in [1.82, 2.24) is 10.1 Å². The molecule has 0 fully saturated rings. The van der Waals surface area contributed by atoms with Crippen molar-refractivity contribution in [2.75, 3.05) is 0 Å². The highest BCUT2D eigenvalue weighted by molar-refractivity contribution is 5.81. The molecule has 0 spiro atoms. The summed E-state index contributed by atoms with van der Waals surface area (Å²) in [6, 6.07) is 18.8. The van der Waals surface area contributed by atoms with Gasteiger partial charge in [-0.1, -0.05) is 49.3 Å². The highest BCUT2D eigenvalue weighted by Crippen LogP contribution is 2.34. The lowest BCUT2D eigenvalue weighted by Gasteiger charge is -2.12. The van der Waals surface area contributed by atoms with Gasteiger partial charge in [0.2, 0.25) is 0 Å². The first-order valence-electron chi connectivity index (χ1n) is 9.80. The third-order valence-electron chi connectivity index (χ3n) is 5.30. The number of hydrogen-bond donors (Lipinski definition) is 0. The summed E-state index contributed by atoms with van der Waals surface area (Å²) in [5, 5.41) is 4.33. The molecule has 4 aromatic rings. The van der Waals surface area contributed by atoms with Crippen LogP contribution in [-0.2, 0) is 12.8 Å². The molecule has 2 aromatic heterocycles. The Balaban J connectivity index is 1.73. The fraction of sp³-hybridized carbons (Fsp3) is 0.200. The molecule has 0 aliphatic carbocycles. The Bertz CT molecular complexity index is 1080. The second-order valence-corrected chi connectivity index (χ2v) is 7.01. The Kier molecular flexibility index (Phi) is 5.07. The van der Waals surface area contributed by atoms with Crippen LogP contribution in [-0.4, -0.2) is 10.1 Å². The van der Waals surface area contributed by atoms with E-state index in [0.717, 1.165) is 46.5 Å². The Hall–Kier alpha value is -3.20. The van der Waals surface area contributed by atoms with E-state index in [1.54, 1.807) is 6.26 Å². The lowest BCUT2D eigenvalue weighted by Crippen LogP contribution is -1.97. The van der Waals surface area contributed by atoms with Gasteiger partial charge in [-0.15, -0.1) is 0 Å². The SMILES string of the molecule is CCc1cc(-c2nocc2-c2ccc(-c3ccccn3)cc2)cc(C)c1CC. The van der Waals surface area contributed by atoms with Crippen LogP contribution in [0.5, 0.6) is 0 Å². The molecule has 4 rings (SSSR count). The van der Waals surface area contributed by atoms with Gasteiger partial charge in [0.05, 0.1) is 5.69 Å². The van der Waals surface area contributed by atoms with E-state index in [0.29, 0.717) is 0 Å². The maximum atomic E-state index is 5.38. The summed E-state index contributed by atoms with van der Waals surface area (Å²) < 4.78 is 5.38. The predicted octanol–water partition coefficient (Wildman–Crippen LogP) is 6.50. The Morgan fingerprint density at radius 1 is 0.857 bits per heavy atom. The van der Waals surface area contributed by atoms with Crippen molar-refractivity contribution in [3.05, 3.63) is 83.7 Å². The smallest absolute Gasteiger partial charge is 0.132 e. The molecule has 28 heavy (non-hydrogen) atoms. The van der Waals surface area contributed by atoms with Crippen LogP contribution in [0.15, 0.2) is 71.6 Å². The maximum absolute atomic E-state index is 5.38. The molecule has 0 amide bonds. The number of aryl methyl sites for hydroxylation is 2. The van der Waals surface area contributed by atoms with E-state index in [1.165, 1.54) is 16.7 Å². The number of nitrogens with zero attached hydrogens (tertiary/aromatic N) is 2. The highest BCUT2D eigenvalue weighted by atomic mass is 16.5. The molecule has 0 aliphatic heterocycles. The molecule has 3 heteroatoms. The molecule has 3 nitrogen and oxygen atoms in total. The molecule has 0 atom stereocenters. The Labute approximate surface area is 166 Å². The largest absolute Gasteiger partial charge is 0.363 e. The van der Waals surface area contributed by atoms with Gasteiger partial charge in [0.25, 0.3) is 0 Å². The van der Waals surface area contributed by atoms with Crippen LogP contribution in [0.4, 0.5) is 0 Å². The number of pyridine rings is 1. The van der Waals surface area contributed by atoms with Crippen LogP contribution in [0.25, 0.3) is 33.6 Å². The topological polar surface area (TPSA) is 38.9 Å². The van der Waals surface area contributed by atoms with E-state index in [-0.39, 0.29) is 0 Å². The van der Waals surface area contributed by atoms with Crippen molar-refractivity contribution in [2.45, 2.75) is 33.6 Å². The van der Waals surface area contributed by atoms with E-state index < -0.39 is 0 Å². The van der Waals surface area contributed by atoms with Crippen molar-refractivity contribution in [2.24, 2.45) is 0 Å². The monoisotopic (exact) mass is 368 g/mol. The quantitative estimate of drug-likeness (QED) is 0.403. The van der Waals surface area contributed by atoms with E-state index in [1.807, 2.05) is 24.4 Å². The molecular formula is C25H24N2O. The van der Waals surface area contributed by atoms with Crippen molar-refractivity contribution in [3.63, 3.8) is 0 Å². The second kappa shape index (κ2) is 7.81. The van der Waals surface area contributed by atoms with Crippen LogP contribution in [0, 0.1) is 6.92 Å². The predicted molar refractivity (Wildman–Crippen MR) is 114 cm³/mol. The summed E-state index contributed by atoms with van der Waals surface area (Å²) in [5.74, 6) is 0.